The van der Waals surface area contributed by atoms with Gasteiger partial charge in [0.25, 0.3) is 0 Å². The second-order valence-electron chi connectivity index (χ2n) is 5.44. The standard InChI is InChI=1S/C16H16ClN3O3S2/c17-12-2-1-3-14(10-12)24-15-5-4-13(19-21)11-16(15)25(22,23)20-8-6-18-7-9-20/h1-5,10-11,18H,6-9H2. The van der Waals surface area contributed by atoms with Crippen LogP contribution in [0.5, 0.6) is 0 Å². The van der Waals surface area contributed by atoms with Gasteiger partial charge in [0.15, 0.2) is 0 Å². The summed E-state index contributed by atoms with van der Waals surface area (Å²) < 4.78 is 27.5. The number of halogens is 1. The van der Waals surface area contributed by atoms with Crippen molar-refractivity contribution in [3.8, 4) is 0 Å². The van der Waals surface area contributed by atoms with Crippen LogP contribution < -0.4 is 5.32 Å². The van der Waals surface area contributed by atoms with Crippen LogP contribution in [-0.2, 0) is 10.0 Å². The number of nitroso groups, excluding NO2 is 1. The lowest BCUT2D eigenvalue weighted by Crippen LogP contribution is -2.46. The Labute approximate surface area is 155 Å². The van der Waals surface area contributed by atoms with Crippen LogP contribution in [0, 0.1) is 4.91 Å². The van der Waals surface area contributed by atoms with Crippen LogP contribution in [0.1, 0.15) is 0 Å². The van der Waals surface area contributed by atoms with Gasteiger partial charge in [0, 0.05) is 41.0 Å². The smallest absolute Gasteiger partial charge is 0.244 e. The third-order valence-electron chi connectivity index (χ3n) is 3.75. The van der Waals surface area contributed by atoms with Crippen molar-refractivity contribution in [3.05, 3.63) is 52.4 Å². The summed E-state index contributed by atoms with van der Waals surface area (Å²) in [6.07, 6.45) is 0. The molecule has 1 fully saturated rings. The monoisotopic (exact) mass is 397 g/mol. The predicted molar refractivity (Wildman–Crippen MR) is 99.1 cm³/mol. The molecular weight excluding hydrogens is 382 g/mol. The van der Waals surface area contributed by atoms with Crippen molar-refractivity contribution in [1.29, 1.82) is 0 Å². The molecule has 6 nitrogen and oxygen atoms in total. The summed E-state index contributed by atoms with van der Waals surface area (Å²) in [4.78, 5) is 12.3. The van der Waals surface area contributed by atoms with Crippen LogP contribution in [0.25, 0.3) is 0 Å². The molecule has 2 aromatic carbocycles. The lowest BCUT2D eigenvalue weighted by molar-refractivity contribution is 0.359. The first-order chi connectivity index (χ1) is 12.0. The third kappa shape index (κ3) is 4.21. The zero-order chi connectivity index (χ0) is 17.9. The summed E-state index contributed by atoms with van der Waals surface area (Å²) in [5, 5.41) is 6.58. The van der Waals surface area contributed by atoms with E-state index in [9.17, 15) is 13.3 Å². The molecule has 2 aromatic rings. The van der Waals surface area contributed by atoms with E-state index in [1.807, 2.05) is 6.07 Å². The molecule has 3 rings (SSSR count). The van der Waals surface area contributed by atoms with Gasteiger partial charge in [-0.25, -0.2) is 8.42 Å². The molecule has 0 radical (unpaired) electrons. The summed E-state index contributed by atoms with van der Waals surface area (Å²) in [7, 11) is -3.71. The first kappa shape index (κ1) is 18.3. The molecule has 1 aliphatic heterocycles. The van der Waals surface area contributed by atoms with Gasteiger partial charge in [-0.05, 0) is 41.6 Å². The van der Waals surface area contributed by atoms with E-state index >= 15 is 0 Å². The Bertz CT molecular complexity index is 884. The Morgan fingerprint density at radius 3 is 2.56 bits per heavy atom. The number of piperazine rings is 1. The molecule has 0 spiro atoms. The van der Waals surface area contributed by atoms with Crippen LogP contribution in [-0.4, -0.2) is 38.9 Å². The minimum absolute atomic E-state index is 0.0872. The normalized spacial score (nSPS) is 15.9. The Kier molecular flexibility index (Phi) is 5.75. The molecule has 1 heterocycles. The van der Waals surface area contributed by atoms with Crippen LogP contribution >= 0.6 is 23.4 Å². The second kappa shape index (κ2) is 7.84. The molecule has 0 saturated carbocycles. The number of rotatable bonds is 5. The van der Waals surface area contributed by atoms with E-state index in [2.05, 4.69) is 10.5 Å². The molecule has 25 heavy (non-hydrogen) atoms. The molecular formula is C16H16ClN3O3S2. The van der Waals surface area contributed by atoms with Gasteiger partial charge in [-0.3, -0.25) is 0 Å². The minimum Gasteiger partial charge on any atom is -0.314 e. The van der Waals surface area contributed by atoms with Crippen LogP contribution in [0.4, 0.5) is 5.69 Å². The van der Waals surface area contributed by atoms with E-state index in [1.54, 1.807) is 24.3 Å². The highest BCUT2D eigenvalue weighted by molar-refractivity contribution is 8.00. The summed E-state index contributed by atoms with van der Waals surface area (Å²) in [5.74, 6) is 0. The Balaban J connectivity index is 2.02. The zero-order valence-corrected chi connectivity index (χ0v) is 15.6. The topological polar surface area (TPSA) is 78.8 Å². The van der Waals surface area contributed by atoms with Gasteiger partial charge >= 0.3 is 0 Å². The van der Waals surface area contributed by atoms with E-state index < -0.39 is 10.0 Å². The first-order valence-electron chi connectivity index (χ1n) is 7.62. The van der Waals surface area contributed by atoms with Crippen molar-refractivity contribution in [2.75, 3.05) is 26.2 Å². The van der Waals surface area contributed by atoms with Gasteiger partial charge in [-0.15, -0.1) is 4.91 Å². The number of benzene rings is 2. The molecule has 0 aliphatic carbocycles. The summed E-state index contributed by atoms with van der Waals surface area (Å²) >= 11 is 7.30. The van der Waals surface area contributed by atoms with E-state index in [0.29, 0.717) is 36.1 Å². The summed E-state index contributed by atoms with van der Waals surface area (Å²) in [6, 6.07) is 11.6. The van der Waals surface area contributed by atoms with Crippen molar-refractivity contribution in [3.63, 3.8) is 0 Å². The Morgan fingerprint density at radius 1 is 1.12 bits per heavy atom. The van der Waals surface area contributed by atoms with Crippen molar-refractivity contribution < 1.29 is 8.42 Å². The molecule has 0 atom stereocenters. The molecule has 132 valence electrons. The van der Waals surface area contributed by atoms with Gasteiger partial charge in [0.05, 0.1) is 4.90 Å². The molecule has 0 aromatic heterocycles. The summed E-state index contributed by atoms with van der Waals surface area (Å²) in [6.45, 7) is 1.98. The lowest BCUT2D eigenvalue weighted by Gasteiger charge is -2.27. The maximum atomic E-state index is 13.0. The zero-order valence-electron chi connectivity index (χ0n) is 13.2. The maximum absolute atomic E-state index is 13.0. The minimum atomic E-state index is -3.71. The van der Waals surface area contributed by atoms with Gasteiger partial charge in [0.1, 0.15) is 5.69 Å². The average molecular weight is 398 g/mol. The van der Waals surface area contributed by atoms with Crippen LogP contribution in [0.15, 0.2) is 62.3 Å². The van der Waals surface area contributed by atoms with Gasteiger partial charge in [0.2, 0.25) is 10.0 Å². The Morgan fingerprint density at radius 2 is 1.88 bits per heavy atom. The number of nitrogens with zero attached hydrogens (tertiary/aromatic N) is 2. The van der Waals surface area contributed by atoms with E-state index in [1.165, 1.54) is 28.2 Å². The fraction of sp³-hybridized carbons (Fsp3) is 0.250. The third-order valence-corrected chi connectivity index (χ3v) is 7.12. The highest BCUT2D eigenvalue weighted by atomic mass is 35.5. The second-order valence-corrected chi connectivity index (χ2v) is 8.89. The highest BCUT2D eigenvalue weighted by Crippen LogP contribution is 2.37. The molecule has 1 aliphatic rings. The molecule has 1 N–H and O–H groups in total. The molecule has 0 bridgehead atoms. The summed E-state index contributed by atoms with van der Waals surface area (Å²) in [5.41, 5.74) is 0.0872. The van der Waals surface area contributed by atoms with Gasteiger partial charge < -0.3 is 5.32 Å². The van der Waals surface area contributed by atoms with Crippen molar-refractivity contribution >= 4 is 39.1 Å². The molecule has 0 unspecified atom stereocenters. The van der Waals surface area contributed by atoms with Crippen molar-refractivity contribution in [2.45, 2.75) is 14.7 Å². The quantitative estimate of drug-likeness (QED) is 0.781. The maximum Gasteiger partial charge on any atom is 0.244 e. The first-order valence-corrected chi connectivity index (χ1v) is 10.3. The van der Waals surface area contributed by atoms with Gasteiger partial charge in [-0.2, -0.15) is 4.31 Å². The fourth-order valence-corrected chi connectivity index (χ4v) is 5.63. The van der Waals surface area contributed by atoms with E-state index in [0.717, 1.165) is 4.90 Å². The fourth-order valence-electron chi connectivity index (χ4n) is 2.52. The molecule has 9 heteroatoms. The average Bonchev–Trinajstić information content (AvgIpc) is 2.63. The van der Waals surface area contributed by atoms with Crippen molar-refractivity contribution in [2.24, 2.45) is 5.18 Å². The number of hydrogen-bond acceptors (Lipinski definition) is 6. The Hall–Kier alpha value is -1.45. The van der Waals surface area contributed by atoms with E-state index in [4.69, 9.17) is 11.6 Å². The lowest BCUT2D eigenvalue weighted by atomic mass is 10.3. The SMILES string of the molecule is O=Nc1ccc(Sc2cccc(Cl)c2)c(S(=O)(=O)N2CCNCC2)c1. The van der Waals surface area contributed by atoms with Crippen molar-refractivity contribution in [1.82, 2.24) is 9.62 Å². The molecule has 0 amide bonds. The largest absolute Gasteiger partial charge is 0.314 e. The number of hydrogen-bond donors (Lipinski definition) is 1. The van der Waals surface area contributed by atoms with Crippen LogP contribution in [0.2, 0.25) is 5.02 Å². The molecule has 1 saturated heterocycles. The van der Waals surface area contributed by atoms with Gasteiger partial charge in [-0.1, -0.05) is 29.4 Å². The van der Waals surface area contributed by atoms with Crippen LogP contribution in [0.3, 0.4) is 0 Å². The highest BCUT2D eigenvalue weighted by Gasteiger charge is 2.29. The number of nitrogens with one attached hydrogen (secondary N) is 1. The number of sulfonamides is 1. The predicted octanol–water partition coefficient (Wildman–Crippen LogP) is 3.48. The van der Waals surface area contributed by atoms with E-state index in [-0.39, 0.29) is 10.6 Å².